The Morgan fingerprint density at radius 2 is 1.69 bits per heavy atom. The van der Waals surface area contributed by atoms with E-state index in [0.29, 0.717) is 37.7 Å². The van der Waals surface area contributed by atoms with Crippen LogP contribution in [0.3, 0.4) is 0 Å². The van der Waals surface area contributed by atoms with Gasteiger partial charge in [-0.25, -0.2) is 4.79 Å². The lowest BCUT2D eigenvalue weighted by atomic mass is 10.2. The lowest BCUT2D eigenvalue weighted by Crippen LogP contribution is -2.50. The van der Waals surface area contributed by atoms with E-state index >= 15 is 0 Å². The Morgan fingerprint density at radius 3 is 2.39 bits per heavy atom. The molecule has 2 aromatic carbocycles. The number of carbonyl (C=O) groups is 2. The molecule has 2 amide bonds. The number of carbonyl (C=O) groups excluding carboxylic acids is 2. The predicted octanol–water partition coefficient (Wildman–Crippen LogP) is 0.904. The van der Waals surface area contributed by atoms with Gasteiger partial charge in [0.1, 0.15) is 24.6 Å². The Balaban J connectivity index is 1.68. The first-order valence-corrected chi connectivity index (χ1v) is 11.6. The second-order valence-corrected chi connectivity index (χ2v) is 8.55. The summed E-state index contributed by atoms with van der Waals surface area (Å²) in [5.41, 5.74) is -0.766. The fourth-order valence-corrected chi connectivity index (χ4v) is 4.34. The normalized spacial score (nSPS) is 13.5. The molecule has 190 valence electrons. The number of anilines is 1. The summed E-state index contributed by atoms with van der Waals surface area (Å²) in [6.07, 6.45) is 0. The van der Waals surface area contributed by atoms with Crippen LogP contribution < -0.4 is 31.4 Å². The highest BCUT2D eigenvalue weighted by Crippen LogP contribution is 2.35. The Labute approximate surface area is 211 Å². The molecule has 1 saturated heterocycles. The van der Waals surface area contributed by atoms with Crippen molar-refractivity contribution in [3.63, 3.8) is 0 Å². The molecule has 2 heterocycles. The van der Waals surface area contributed by atoms with Gasteiger partial charge in [0.2, 0.25) is 11.8 Å². The van der Waals surface area contributed by atoms with E-state index in [0.717, 1.165) is 4.57 Å². The standard InChI is InChI=1S/C24H26ClN5O6/c1-35-19-12-20(36-2)17(11-16(19)25)27-21(31)13-29-18-6-4-3-5-15(18)23(33)30(24(29)34)14-22(32)28-9-7-26-8-10-28/h3-6,11-12,26H,7-10,13-14H2,1-2H3,(H,27,31). The van der Waals surface area contributed by atoms with Crippen LogP contribution in [-0.2, 0) is 22.7 Å². The van der Waals surface area contributed by atoms with Crippen LogP contribution in [0, 0.1) is 0 Å². The number of amides is 2. The van der Waals surface area contributed by atoms with Gasteiger partial charge >= 0.3 is 5.69 Å². The molecule has 2 N–H and O–H groups in total. The largest absolute Gasteiger partial charge is 0.495 e. The highest BCUT2D eigenvalue weighted by molar-refractivity contribution is 6.32. The minimum atomic E-state index is -0.753. The van der Waals surface area contributed by atoms with E-state index < -0.39 is 30.2 Å². The maximum Gasteiger partial charge on any atom is 0.332 e. The molecular formula is C24H26ClN5O6. The van der Waals surface area contributed by atoms with E-state index in [1.807, 2.05) is 0 Å². The average molecular weight is 516 g/mol. The highest BCUT2D eigenvalue weighted by atomic mass is 35.5. The zero-order valence-corrected chi connectivity index (χ0v) is 20.6. The smallest absolute Gasteiger partial charge is 0.332 e. The lowest BCUT2D eigenvalue weighted by Gasteiger charge is -2.27. The number of nitrogens with zero attached hydrogens (tertiary/aromatic N) is 3. The van der Waals surface area contributed by atoms with Gasteiger partial charge in [-0.1, -0.05) is 23.7 Å². The molecule has 11 nitrogen and oxygen atoms in total. The van der Waals surface area contributed by atoms with E-state index in [1.54, 1.807) is 29.2 Å². The average Bonchev–Trinajstić information content (AvgIpc) is 2.89. The van der Waals surface area contributed by atoms with Gasteiger partial charge in [0.15, 0.2) is 0 Å². The molecule has 0 aliphatic carbocycles. The fraction of sp³-hybridized carbons (Fsp3) is 0.333. The number of para-hydroxylation sites is 1. The van der Waals surface area contributed by atoms with E-state index in [4.69, 9.17) is 21.1 Å². The van der Waals surface area contributed by atoms with Gasteiger partial charge in [-0.15, -0.1) is 0 Å². The van der Waals surface area contributed by atoms with Gasteiger partial charge in [-0.05, 0) is 18.2 Å². The molecule has 1 fully saturated rings. The number of aromatic nitrogens is 2. The summed E-state index contributed by atoms with van der Waals surface area (Å²) >= 11 is 6.19. The number of rotatable bonds is 7. The molecular weight excluding hydrogens is 490 g/mol. The molecule has 36 heavy (non-hydrogen) atoms. The first kappa shape index (κ1) is 25.3. The Morgan fingerprint density at radius 1 is 1.00 bits per heavy atom. The van der Waals surface area contributed by atoms with E-state index in [1.165, 1.54) is 30.9 Å². The second-order valence-electron chi connectivity index (χ2n) is 8.14. The summed E-state index contributed by atoms with van der Waals surface area (Å²) < 4.78 is 12.5. The van der Waals surface area contributed by atoms with E-state index in [2.05, 4.69) is 10.6 Å². The van der Waals surface area contributed by atoms with Crippen LogP contribution in [-0.4, -0.2) is 66.2 Å². The number of nitrogens with one attached hydrogen (secondary N) is 2. The summed E-state index contributed by atoms with van der Waals surface area (Å²) in [5.74, 6) is -0.205. The summed E-state index contributed by atoms with van der Waals surface area (Å²) in [6.45, 7) is 1.44. The quantitative estimate of drug-likeness (QED) is 0.479. The van der Waals surface area contributed by atoms with Gasteiger partial charge in [-0.2, -0.15) is 0 Å². The van der Waals surface area contributed by atoms with Gasteiger partial charge < -0.3 is 25.0 Å². The molecule has 1 aromatic heterocycles. The molecule has 0 atom stereocenters. The van der Waals surface area contributed by atoms with Crippen LogP contribution in [0.15, 0.2) is 46.0 Å². The molecule has 1 aliphatic heterocycles. The maximum atomic E-state index is 13.4. The number of fused-ring (bicyclic) bond motifs is 1. The van der Waals surface area contributed by atoms with Crippen LogP contribution >= 0.6 is 11.6 Å². The number of methoxy groups -OCH3 is 2. The van der Waals surface area contributed by atoms with Crippen molar-refractivity contribution in [2.45, 2.75) is 13.1 Å². The highest BCUT2D eigenvalue weighted by Gasteiger charge is 2.22. The number of hydrogen-bond donors (Lipinski definition) is 2. The minimum absolute atomic E-state index is 0.225. The zero-order valence-electron chi connectivity index (χ0n) is 19.9. The molecule has 0 bridgehead atoms. The van der Waals surface area contributed by atoms with Crippen molar-refractivity contribution in [2.75, 3.05) is 45.7 Å². The van der Waals surface area contributed by atoms with Crippen LogP contribution in [0.5, 0.6) is 11.5 Å². The van der Waals surface area contributed by atoms with Crippen molar-refractivity contribution in [2.24, 2.45) is 0 Å². The third-order valence-corrected chi connectivity index (χ3v) is 6.24. The van der Waals surface area contributed by atoms with Gasteiger partial charge in [0.05, 0.1) is 35.8 Å². The van der Waals surface area contributed by atoms with Crippen molar-refractivity contribution in [1.29, 1.82) is 0 Å². The SMILES string of the molecule is COc1cc(OC)c(NC(=O)Cn2c(=O)n(CC(=O)N3CCNCC3)c(=O)c3ccccc32)cc1Cl. The van der Waals surface area contributed by atoms with Crippen molar-refractivity contribution < 1.29 is 19.1 Å². The maximum absolute atomic E-state index is 13.4. The summed E-state index contributed by atoms with van der Waals surface area (Å²) in [6, 6.07) is 9.47. The van der Waals surface area contributed by atoms with Gasteiger partial charge in [0, 0.05) is 32.2 Å². The van der Waals surface area contributed by atoms with Crippen molar-refractivity contribution in [1.82, 2.24) is 19.4 Å². The Bertz CT molecular complexity index is 1430. The van der Waals surface area contributed by atoms with E-state index in [9.17, 15) is 19.2 Å². The molecule has 0 saturated carbocycles. The summed E-state index contributed by atoms with van der Waals surface area (Å²) in [4.78, 5) is 53.9. The number of halogens is 1. The van der Waals surface area contributed by atoms with Crippen molar-refractivity contribution in [3.05, 3.63) is 62.3 Å². The number of benzene rings is 2. The molecule has 1 aliphatic rings. The summed E-state index contributed by atoms with van der Waals surface area (Å²) in [5, 5.41) is 6.32. The van der Waals surface area contributed by atoms with Crippen molar-refractivity contribution in [3.8, 4) is 11.5 Å². The molecule has 0 spiro atoms. The predicted molar refractivity (Wildman–Crippen MR) is 135 cm³/mol. The van der Waals surface area contributed by atoms with Crippen LogP contribution in [0.4, 0.5) is 5.69 Å². The number of hydrogen-bond acceptors (Lipinski definition) is 7. The molecule has 12 heteroatoms. The topological polar surface area (TPSA) is 124 Å². The first-order valence-electron chi connectivity index (χ1n) is 11.3. The number of piperazine rings is 1. The molecule has 4 rings (SSSR count). The third kappa shape index (κ3) is 5.07. The van der Waals surface area contributed by atoms with Crippen LogP contribution in [0.2, 0.25) is 5.02 Å². The third-order valence-electron chi connectivity index (χ3n) is 5.95. The van der Waals surface area contributed by atoms with E-state index in [-0.39, 0.29) is 27.5 Å². The van der Waals surface area contributed by atoms with Gasteiger partial charge in [-0.3, -0.25) is 23.5 Å². The Kier molecular flexibility index (Phi) is 7.61. The van der Waals surface area contributed by atoms with Crippen molar-refractivity contribution >= 4 is 40.0 Å². The first-order chi connectivity index (χ1) is 17.3. The Hall–Kier alpha value is -3.83. The van der Waals surface area contributed by atoms with Crippen LogP contribution in [0.25, 0.3) is 10.9 Å². The number of ether oxygens (including phenoxy) is 2. The molecule has 3 aromatic rings. The summed E-state index contributed by atoms with van der Waals surface area (Å²) in [7, 11) is 2.89. The lowest BCUT2D eigenvalue weighted by molar-refractivity contribution is -0.132. The monoisotopic (exact) mass is 515 g/mol. The molecule has 0 radical (unpaired) electrons. The minimum Gasteiger partial charge on any atom is -0.495 e. The molecule has 0 unspecified atom stereocenters. The van der Waals surface area contributed by atoms with Gasteiger partial charge in [0.25, 0.3) is 5.56 Å². The fourth-order valence-electron chi connectivity index (χ4n) is 4.10. The zero-order chi connectivity index (χ0) is 25.8. The second kappa shape index (κ2) is 10.8. The van der Waals surface area contributed by atoms with Crippen LogP contribution in [0.1, 0.15) is 0 Å².